The van der Waals surface area contributed by atoms with E-state index in [0.29, 0.717) is 31.0 Å². The molecular weight excluding hydrogens is 362 g/mol. The van der Waals surface area contributed by atoms with E-state index < -0.39 is 21.7 Å². The Morgan fingerprint density at radius 2 is 1.73 bits per heavy atom. The third-order valence-corrected chi connectivity index (χ3v) is 8.03. The number of hydrogen-bond donors (Lipinski definition) is 0. The van der Waals surface area contributed by atoms with E-state index in [9.17, 15) is 22.0 Å². The average molecular weight is 384 g/mol. The molecule has 8 heteroatoms. The molecule has 142 valence electrons. The van der Waals surface area contributed by atoms with Gasteiger partial charge in [0.05, 0.1) is 4.90 Å². The summed E-state index contributed by atoms with van der Waals surface area (Å²) in [6, 6.07) is 2.59. The van der Waals surface area contributed by atoms with Crippen molar-refractivity contribution in [3.05, 3.63) is 29.8 Å². The molecule has 26 heavy (non-hydrogen) atoms. The quantitative estimate of drug-likeness (QED) is 0.803. The predicted octanol–water partition coefficient (Wildman–Crippen LogP) is 2.23. The molecule has 3 unspecified atom stereocenters. The number of halogens is 2. The number of carbonyl (C=O) groups is 1. The highest BCUT2D eigenvalue weighted by Gasteiger charge is 2.45. The Bertz CT molecular complexity index is 822. The average Bonchev–Trinajstić information content (AvgIpc) is 3.27. The fourth-order valence-corrected chi connectivity index (χ4v) is 6.15. The van der Waals surface area contributed by atoms with Gasteiger partial charge >= 0.3 is 0 Å². The van der Waals surface area contributed by atoms with Gasteiger partial charge in [-0.2, -0.15) is 4.31 Å². The lowest BCUT2D eigenvalue weighted by atomic mass is 9.87. The number of piperazine rings is 1. The molecular formula is C18H22F2N2O3S. The van der Waals surface area contributed by atoms with Gasteiger partial charge in [-0.25, -0.2) is 17.2 Å². The van der Waals surface area contributed by atoms with Crippen LogP contribution in [0.15, 0.2) is 23.1 Å². The van der Waals surface area contributed by atoms with Gasteiger partial charge in [-0.1, -0.05) is 6.42 Å². The monoisotopic (exact) mass is 384 g/mol. The zero-order valence-electron chi connectivity index (χ0n) is 14.4. The minimum atomic E-state index is -3.89. The van der Waals surface area contributed by atoms with Crippen molar-refractivity contribution in [2.24, 2.45) is 17.8 Å². The first-order chi connectivity index (χ1) is 12.4. The van der Waals surface area contributed by atoms with Crippen LogP contribution >= 0.6 is 0 Å². The van der Waals surface area contributed by atoms with Crippen LogP contribution < -0.4 is 0 Å². The molecule has 3 aliphatic rings. The smallest absolute Gasteiger partial charge is 0.243 e. The third kappa shape index (κ3) is 3.03. The van der Waals surface area contributed by atoms with Crippen LogP contribution in [-0.4, -0.2) is 49.7 Å². The summed E-state index contributed by atoms with van der Waals surface area (Å²) in [4.78, 5) is 14.3. The number of amides is 1. The molecule has 3 atom stereocenters. The highest BCUT2D eigenvalue weighted by Crippen LogP contribution is 2.48. The fraction of sp³-hybridized carbons (Fsp3) is 0.611. The summed E-state index contributed by atoms with van der Waals surface area (Å²) in [6.07, 6.45) is 4.48. The second-order valence-electron chi connectivity index (χ2n) is 7.59. The number of rotatable bonds is 3. The van der Waals surface area contributed by atoms with Crippen LogP contribution in [0.5, 0.6) is 0 Å². The van der Waals surface area contributed by atoms with Crippen molar-refractivity contribution in [1.29, 1.82) is 0 Å². The van der Waals surface area contributed by atoms with Crippen LogP contribution in [0.25, 0.3) is 0 Å². The van der Waals surface area contributed by atoms with Gasteiger partial charge in [0.25, 0.3) is 0 Å². The van der Waals surface area contributed by atoms with Crippen LogP contribution in [0, 0.1) is 29.4 Å². The Morgan fingerprint density at radius 3 is 2.31 bits per heavy atom. The number of carbonyl (C=O) groups excluding carboxylic acids is 1. The number of nitrogens with zero attached hydrogens (tertiary/aromatic N) is 2. The molecule has 0 N–H and O–H groups in total. The Balaban J connectivity index is 1.41. The molecule has 1 aliphatic heterocycles. The van der Waals surface area contributed by atoms with E-state index in [2.05, 4.69) is 0 Å². The summed E-state index contributed by atoms with van der Waals surface area (Å²) in [6.45, 7) is 1.03. The maximum Gasteiger partial charge on any atom is 0.243 e. The molecule has 2 saturated carbocycles. The molecule has 1 amide bonds. The second-order valence-corrected chi connectivity index (χ2v) is 9.52. The van der Waals surface area contributed by atoms with Crippen molar-refractivity contribution in [1.82, 2.24) is 9.21 Å². The molecule has 2 bridgehead atoms. The Morgan fingerprint density at radius 1 is 1.00 bits per heavy atom. The molecule has 3 fully saturated rings. The van der Waals surface area contributed by atoms with Gasteiger partial charge in [0.1, 0.15) is 0 Å². The molecule has 1 aromatic rings. The first kappa shape index (κ1) is 17.9. The van der Waals surface area contributed by atoms with E-state index in [1.165, 1.54) is 10.7 Å². The van der Waals surface area contributed by atoms with Crippen LogP contribution in [-0.2, 0) is 14.8 Å². The molecule has 2 aliphatic carbocycles. The van der Waals surface area contributed by atoms with Crippen LogP contribution in [0.1, 0.15) is 25.7 Å². The molecule has 1 saturated heterocycles. The summed E-state index contributed by atoms with van der Waals surface area (Å²) in [5.41, 5.74) is 0. The maximum absolute atomic E-state index is 13.4. The van der Waals surface area contributed by atoms with Crippen molar-refractivity contribution in [2.75, 3.05) is 26.2 Å². The molecule has 1 heterocycles. The van der Waals surface area contributed by atoms with Gasteiger partial charge in [0, 0.05) is 32.1 Å². The van der Waals surface area contributed by atoms with Gasteiger partial charge in [0.2, 0.25) is 15.9 Å². The van der Waals surface area contributed by atoms with E-state index in [-0.39, 0.29) is 29.8 Å². The molecule has 5 nitrogen and oxygen atoms in total. The molecule has 4 rings (SSSR count). The van der Waals surface area contributed by atoms with Gasteiger partial charge < -0.3 is 4.90 Å². The van der Waals surface area contributed by atoms with Crippen LogP contribution in [0.3, 0.4) is 0 Å². The number of fused-ring (bicyclic) bond motifs is 2. The normalized spacial score (nSPS) is 29.3. The molecule has 0 radical (unpaired) electrons. The summed E-state index contributed by atoms with van der Waals surface area (Å²) in [5.74, 6) is -0.827. The third-order valence-electron chi connectivity index (χ3n) is 6.13. The lowest BCUT2D eigenvalue weighted by molar-refractivity contribution is -0.138. The summed E-state index contributed by atoms with van der Waals surface area (Å²) in [7, 11) is -3.89. The second kappa shape index (κ2) is 6.56. The molecule has 0 spiro atoms. The van der Waals surface area contributed by atoms with Crippen molar-refractivity contribution < 1.29 is 22.0 Å². The van der Waals surface area contributed by atoms with E-state index in [4.69, 9.17) is 0 Å². The van der Waals surface area contributed by atoms with Crippen molar-refractivity contribution in [3.63, 3.8) is 0 Å². The van der Waals surface area contributed by atoms with Gasteiger partial charge in [-0.3, -0.25) is 4.79 Å². The first-order valence-electron chi connectivity index (χ1n) is 9.10. The fourth-order valence-electron chi connectivity index (χ4n) is 4.72. The number of benzene rings is 1. The van der Waals surface area contributed by atoms with E-state index in [1.54, 1.807) is 4.90 Å². The van der Waals surface area contributed by atoms with Crippen molar-refractivity contribution >= 4 is 15.9 Å². The van der Waals surface area contributed by atoms with Gasteiger partial charge in [0.15, 0.2) is 11.6 Å². The minimum absolute atomic E-state index is 0.100. The van der Waals surface area contributed by atoms with E-state index in [1.807, 2.05) is 0 Å². The summed E-state index contributed by atoms with van der Waals surface area (Å²) >= 11 is 0. The molecule has 0 aromatic heterocycles. The SMILES string of the molecule is O=C(C1CC2CCC1C2)N1CCN(S(=O)(=O)c2ccc(F)c(F)c2)CC1. The topological polar surface area (TPSA) is 57.7 Å². The first-order valence-corrected chi connectivity index (χ1v) is 10.5. The van der Waals surface area contributed by atoms with Crippen LogP contribution in [0.2, 0.25) is 0 Å². The lowest BCUT2D eigenvalue weighted by Gasteiger charge is -2.36. The predicted molar refractivity (Wildman–Crippen MR) is 90.6 cm³/mol. The standard InChI is InChI=1S/C18H22F2N2O3S/c19-16-4-3-14(11-17(16)20)26(24,25)22-7-5-21(6-8-22)18(23)15-10-12-1-2-13(15)9-12/h3-4,11-13,15H,1-2,5-10H2. The number of sulfonamides is 1. The lowest BCUT2D eigenvalue weighted by Crippen LogP contribution is -2.52. The van der Waals surface area contributed by atoms with Crippen molar-refractivity contribution in [2.45, 2.75) is 30.6 Å². The van der Waals surface area contributed by atoms with E-state index in [0.717, 1.165) is 31.4 Å². The van der Waals surface area contributed by atoms with Crippen LogP contribution in [0.4, 0.5) is 8.78 Å². The highest BCUT2D eigenvalue weighted by atomic mass is 32.2. The zero-order chi connectivity index (χ0) is 18.5. The largest absolute Gasteiger partial charge is 0.340 e. The Kier molecular flexibility index (Phi) is 4.51. The number of hydrogen-bond acceptors (Lipinski definition) is 3. The maximum atomic E-state index is 13.4. The summed E-state index contributed by atoms with van der Waals surface area (Å²) < 4.78 is 52.9. The molecule has 1 aromatic carbocycles. The Hall–Kier alpha value is -1.54. The van der Waals surface area contributed by atoms with Crippen molar-refractivity contribution in [3.8, 4) is 0 Å². The van der Waals surface area contributed by atoms with Gasteiger partial charge in [-0.15, -0.1) is 0 Å². The summed E-state index contributed by atoms with van der Waals surface area (Å²) in [5, 5.41) is 0. The minimum Gasteiger partial charge on any atom is -0.340 e. The van der Waals surface area contributed by atoms with Gasteiger partial charge in [-0.05, 0) is 49.3 Å². The Labute approximate surface area is 152 Å². The van der Waals surface area contributed by atoms with E-state index >= 15 is 0 Å². The zero-order valence-corrected chi connectivity index (χ0v) is 15.2. The highest BCUT2D eigenvalue weighted by molar-refractivity contribution is 7.89.